The molecule has 6 heteroatoms. The molecule has 1 aliphatic rings. The van der Waals surface area contributed by atoms with Crippen LogP contribution in [0.25, 0.3) is 0 Å². The minimum absolute atomic E-state index is 0.170. The van der Waals surface area contributed by atoms with Gasteiger partial charge in [0.25, 0.3) is 0 Å². The number of rotatable bonds is 4. The summed E-state index contributed by atoms with van der Waals surface area (Å²) in [4.78, 5) is 8.30. The number of alkyl halides is 2. The zero-order valence-electron chi connectivity index (χ0n) is 10.3. The van der Waals surface area contributed by atoms with E-state index in [-0.39, 0.29) is 12.6 Å². The van der Waals surface area contributed by atoms with Crippen molar-refractivity contribution in [2.24, 2.45) is 15.8 Å². The van der Waals surface area contributed by atoms with Crippen LogP contribution in [0.15, 0.2) is 22.1 Å². The molecule has 0 amide bonds. The van der Waals surface area contributed by atoms with Gasteiger partial charge in [0.2, 0.25) is 5.92 Å². The zero-order chi connectivity index (χ0) is 13.1. The Kier molecular flexibility index (Phi) is 4.34. The highest BCUT2D eigenvalue weighted by Gasteiger charge is 2.20. The molecule has 0 spiro atoms. The number of halogens is 2. The van der Waals surface area contributed by atoms with E-state index in [1.165, 1.54) is 5.01 Å². The number of nitrogens with two attached hydrogens (primary N) is 1. The summed E-state index contributed by atoms with van der Waals surface area (Å²) >= 11 is 0. The first-order chi connectivity index (χ1) is 7.79. The van der Waals surface area contributed by atoms with Gasteiger partial charge in [-0.3, -0.25) is 5.01 Å². The maximum atomic E-state index is 12.6. The number of allylic oxidation sites excluding steroid dienone is 1. The maximum Gasteiger partial charge on any atom is 0.245 e. The van der Waals surface area contributed by atoms with Crippen LogP contribution in [-0.2, 0) is 0 Å². The SMILES string of the molecule is CC1=NC(/C=C/CCC(C)(F)F)N(N)C(C)=N1. The Balaban J connectivity index is 2.52. The molecular weight excluding hydrogens is 226 g/mol. The van der Waals surface area contributed by atoms with Gasteiger partial charge in [-0.15, -0.1) is 0 Å². The van der Waals surface area contributed by atoms with Crippen LogP contribution in [0.3, 0.4) is 0 Å². The van der Waals surface area contributed by atoms with Crippen molar-refractivity contribution in [2.45, 2.75) is 45.7 Å². The van der Waals surface area contributed by atoms with E-state index in [4.69, 9.17) is 5.84 Å². The van der Waals surface area contributed by atoms with E-state index in [9.17, 15) is 8.78 Å². The van der Waals surface area contributed by atoms with Crippen LogP contribution in [0, 0.1) is 0 Å². The second-order valence-corrected chi connectivity index (χ2v) is 4.19. The first-order valence-electron chi connectivity index (χ1n) is 5.48. The standard InChI is InChI=1S/C11H18F2N4/c1-8-15-9(2)17(14)10(16-8)6-4-5-7-11(3,12)13/h4,6,10H,5,7,14H2,1-3H3/b6-4+. The molecule has 17 heavy (non-hydrogen) atoms. The zero-order valence-corrected chi connectivity index (χ0v) is 10.3. The minimum atomic E-state index is -2.63. The summed E-state index contributed by atoms with van der Waals surface area (Å²) in [5.41, 5.74) is 0. The number of amidine groups is 2. The highest BCUT2D eigenvalue weighted by molar-refractivity contribution is 5.96. The van der Waals surface area contributed by atoms with Gasteiger partial charge in [-0.2, -0.15) is 0 Å². The van der Waals surface area contributed by atoms with Gasteiger partial charge in [-0.25, -0.2) is 24.6 Å². The minimum Gasteiger partial charge on any atom is -0.270 e. The normalized spacial score (nSPS) is 21.8. The number of hydrogen-bond donors (Lipinski definition) is 1. The lowest BCUT2D eigenvalue weighted by Gasteiger charge is -2.26. The predicted octanol–water partition coefficient (Wildman–Crippen LogP) is 2.33. The third-order valence-corrected chi connectivity index (χ3v) is 2.36. The largest absolute Gasteiger partial charge is 0.270 e. The molecular formula is C11H18F2N4. The molecule has 0 radical (unpaired) electrons. The summed E-state index contributed by atoms with van der Waals surface area (Å²) in [6, 6.07) is 0. The van der Waals surface area contributed by atoms with Gasteiger partial charge in [-0.05, 0) is 33.3 Å². The van der Waals surface area contributed by atoms with E-state index in [1.807, 2.05) is 0 Å². The van der Waals surface area contributed by atoms with E-state index in [2.05, 4.69) is 9.98 Å². The van der Waals surface area contributed by atoms with Crippen molar-refractivity contribution < 1.29 is 8.78 Å². The molecule has 1 rings (SSSR count). The average molecular weight is 244 g/mol. The third kappa shape index (κ3) is 4.60. The first kappa shape index (κ1) is 13.8. The number of nitrogens with zero attached hydrogens (tertiary/aromatic N) is 3. The summed E-state index contributed by atoms with van der Waals surface area (Å²) in [5, 5.41) is 1.41. The van der Waals surface area contributed by atoms with Crippen LogP contribution in [-0.4, -0.2) is 28.8 Å². The first-order valence-corrected chi connectivity index (χ1v) is 5.48. The van der Waals surface area contributed by atoms with Gasteiger partial charge >= 0.3 is 0 Å². The Labute approximate surface area is 99.9 Å². The number of aliphatic imine (C=N–C) groups is 2. The fourth-order valence-electron chi connectivity index (χ4n) is 1.46. The van der Waals surface area contributed by atoms with Crippen LogP contribution in [0.1, 0.15) is 33.6 Å². The molecule has 0 saturated carbocycles. The molecule has 0 aromatic rings. The summed E-state index contributed by atoms with van der Waals surface area (Å²) in [6.45, 7) is 4.46. The predicted molar refractivity (Wildman–Crippen MR) is 65.0 cm³/mol. The lowest BCUT2D eigenvalue weighted by atomic mass is 10.2. The van der Waals surface area contributed by atoms with Crippen LogP contribution in [0.2, 0.25) is 0 Å². The molecule has 1 unspecified atom stereocenters. The molecule has 1 heterocycles. The second kappa shape index (κ2) is 5.35. The summed E-state index contributed by atoms with van der Waals surface area (Å²) in [7, 11) is 0. The Hall–Kier alpha value is -1.30. The van der Waals surface area contributed by atoms with E-state index in [0.717, 1.165) is 6.92 Å². The quantitative estimate of drug-likeness (QED) is 0.609. The van der Waals surface area contributed by atoms with Crippen molar-refractivity contribution in [1.29, 1.82) is 0 Å². The van der Waals surface area contributed by atoms with Gasteiger partial charge < -0.3 is 0 Å². The summed E-state index contributed by atoms with van der Waals surface area (Å²) < 4.78 is 25.1. The molecule has 2 N–H and O–H groups in total. The van der Waals surface area contributed by atoms with Crippen molar-refractivity contribution in [3.63, 3.8) is 0 Å². The van der Waals surface area contributed by atoms with E-state index >= 15 is 0 Å². The van der Waals surface area contributed by atoms with Crippen LogP contribution in [0.4, 0.5) is 8.78 Å². The molecule has 4 nitrogen and oxygen atoms in total. The Morgan fingerprint density at radius 1 is 1.47 bits per heavy atom. The third-order valence-electron chi connectivity index (χ3n) is 2.36. The molecule has 1 aliphatic heterocycles. The fraction of sp³-hybridized carbons (Fsp3) is 0.636. The van der Waals surface area contributed by atoms with Gasteiger partial charge in [0, 0.05) is 6.42 Å². The molecule has 1 atom stereocenters. The topological polar surface area (TPSA) is 54.0 Å². The summed E-state index contributed by atoms with van der Waals surface area (Å²) in [5.74, 6) is 4.42. The van der Waals surface area contributed by atoms with Crippen LogP contribution in [0.5, 0.6) is 0 Å². The lowest BCUT2D eigenvalue weighted by molar-refractivity contribution is 0.0140. The van der Waals surface area contributed by atoms with E-state index in [1.54, 1.807) is 26.0 Å². The van der Waals surface area contributed by atoms with Gasteiger partial charge in [-0.1, -0.05) is 6.08 Å². The summed E-state index contributed by atoms with van der Waals surface area (Å²) in [6.07, 6.45) is 3.18. The maximum absolute atomic E-state index is 12.6. The monoisotopic (exact) mass is 244 g/mol. The van der Waals surface area contributed by atoms with Gasteiger partial charge in [0.05, 0.1) is 0 Å². The smallest absolute Gasteiger partial charge is 0.245 e. The van der Waals surface area contributed by atoms with Gasteiger partial charge in [0.1, 0.15) is 11.7 Å². The van der Waals surface area contributed by atoms with Crippen LogP contribution < -0.4 is 5.84 Å². The molecule has 0 bridgehead atoms. The van der Waals surface area contributed by atoms with E-state index < -0.39 is 5.92 Å². The Morgan fingerprint density at radius 2 is 2.12 bits per heavy atom. The van der Waals surface area contributed by atoms with Crippen molar-refractivity contribution in [1.82, 2.24) is 5.01 Å². The van der Waals surface area contributed by atoms with Crippen molar-refractivity contribution in [3.05, 3.63) is 12.2 Å². The molecule has 96 valence electrons. The van der Waals surface area contributed by atoms with Gasteiger partial charge in [0.15, 0.2) is 6.17 Å². The fourth-order valence-corrected chi connectivity index (χ4v) is 1.46. The van der Waals surface area contributed by atoms with Crippen LogP contribution >= 0.6 is 0 Å². The molecule has 0 fully saturated rings. The molecule has 0 aromatic heterocycles. The van der Waals surface area contributed by atoms with Crippen molar-refractivity contribution >= 4 is 11.7 Å². The van der Waals surface area contributed by atoms with E-state index in [0.29, 0.717) is 18.1 Å². The Bertz CT molecular complexity index is 355. The second-order valence-electron chi connectivity index (χ2n) is 4.19. The highest BCUT2D eigenvalue weighted by atomic mass is 19.3. The van der Waals surface area contributed by atoms with Crippen molar-refractivity contribution in [2.75, 3.05) is 0 Å². The lowest BCUT2D eigenvalue weighted by Crippen LogP contribution is -2.45. The molecule has 0 aromatic carbocycles. The average Bonchev–Trinajstić information content (AvgIpc) is 2.18. The molecule has 0 aliphatic carbocycles. The number of hydrogen-bond acceptors (Lipinski definition) is 4. The van der Waals surface area contributed by atoms with Crippen molar-refractivity contribution in [3.8, 4) is 0 Å². The molecule has 0 saturated heterocycles. The highest BCUT2D eigenvalue weighted by Crippen LogP contribution is 2.19. The number of hydrazine groups is 1. The Morgan fingerprint density at radius 3 is 2.71 bits per heavy atom.